The van der Waals surface area contributed by atoms with Crippen molar-refractivity contribution < 1.29 is 14.4 Å². The number of nitro groups is 1. The van der Waals surface area contributed by atoms with Crippen LogP contribution < -0.4 is 5.32 Å². The van der Waals surface area contributed by atoms with E-state index in [2.05, 4.69) is 5.32 Å². The van der Waals surface area contributed by atoms with Gasteiger partial charge in [-0.3, -0.25) is 10.1 Å². The van der Waals surface area contributed by atoms with E-state index in [1.807, 2.05) is 0 Å². The van der Waals surface area contributed by atoms with E-state index in [1.165, 1.54) is 30.3 Å². The van der Waals surface area contributed by atoms with Crippen LogP contribution in [0.25, 0.3) is 0 Å². The van der Waals surface area contributed by atoms with Crippen LogP contribution in [0.1, 0.15) is 18.5 Å². The monoisotopic (exact) mass is 310 g/mol. The normalized spacial score (nSPS) is 12.0. The number of nitrogens with one attached hydrogen (secondary N) is 1. The van der Waals surface area contributed by atoms with Gasteiger partial charge >= 0.3 is 0 Å². The van der Waals surface area contributed by atoms with E-state index < -0.39 is 16.8 Å². The Bertz CT molecular complexity index is 694. The van der Waals surface area contributed by atoms with Gasteiger partial charge in [0.2, 0.25) is 0 Å². The first kappa shape index (κ1) is 15.1. The molecule has 1 atom stereocenters. The van der Waals surface area contributed by atoms with Crippen LogP contribution in [0.4, 0.5) is 15.8 Å². The highest BCUT2D eigenvalue weighted by Crippen LogP contribution is 2.33. The first-order chi connectivity index (χ1) is 9.88. The van der Waals surface area contributed by atoms with E-state index in [-0.39, 0.29) is 22.1 Å². The second-order valence-corrected chi connectivity index (χ2v) is 4.92. The topological polar surface area (TPSA) is 75.4 Å². The number of hydrogen-bond donors (Lipinski definition) is 2. The number of rotatable bonds is 4. The smallest absolute Gasteiger partial charge is 0.293 e. The van der Waals surface area contributed by atoms with Crippen molar-refractivity contribution in [2.75, 3.05) is 5.32 Å². The van der Waals surface area contributed by atoms with Crippen molar-refractivity contribution in [1.82, 2.24) is 0 Å². The largest absolute Gasteiger partial charge is 0.508 e. The zero-order chi connectivity index (χ0) is 15.6. The lowest BCUT2D eigenvalue weighted by molar-refractivity contribution is -0.384. The third-order valence-electron chi connectivity index (χ3n) is 2.98. The summed E-state index contributed by atoms with van der Waals surface area (Å²) in [6.45, 7) is 1.66. The molecule has 2 aromatic rings. The van der Waals surface area contributed by atoms with Gasteiger partial charge in [-0.2, -0.15) is 0 Å². The number of phenols is 1. The third-order valence-corrected chi connectivity index (χ3v) is 3.22. The molecule has 0 aliphatic rings. The quantitative estimate of drug-likeness (QED) is 0.653. The molecule has 0 aliphatic carbocycles. The summed E-state index contributed by atoms with van der Waals surface area (Å²) in [6.07, 6.45) is 0. The van der Waals surface area contributed by atoms with E-state index in [1.54, 1.807) is 6.92 Å². The number of benzene rings is 2. The van der Waals surface area contributed by atoms with E-state index >= 15 is 0 Å². The van der Waals surface area contributed by atoms with Crippen molar-refractivity contribution in [3.8, 4) is 5.75 Å². The molecule has 0 aliphatic heterocycles. The molecule has 0 aromatic heterocycles. The minimum atomic E-state index is -0.563. The van der Waals surface area contributed by atoms with Crippen molar-refractivity contribution in [2.45, 2.75) is 13.0 Å². The molecule has 2 aromatic carbocycles. The van der Waals surface area contributed by atoms with Gasteiger partial charge in [0.05, 0.1) is 11.0 Å². The van der Waals surface area contributed by atoms with Gasteiger partial charge in [-0.15, -0.1) is 0 Å². The summed E-state index contributed by atoms with van der Waals surface area (Å²) in [7, 11) is 0. The van der Waals surface area contributed by atoms with Gasteiger partial charge in [-0.25, -0.2) is 4.39 Å². The van der Waals surface area contributed by atoms with Gasteiger partial charge in [0.25, 0.3) is 5.69 Å². The first-order valence-corrected chi connectivity index (χ1v) is 6.45. The summed E-state index contributed by atoms with van der Waals surface area (Å²) >= 11 is 5.74. The highest BCUT2D eigenvalue weighted by atomic mass is 35.5. The van der Waals surface area contributed by atoms with Crippen LogP contribution in [-0.4, -0.2) is 10.0 Å². The Morgan fingerprint density at radius 2 is 2.05 bits per heavy atom. The number of nitrogens with zero attached hydrogens (tertiary/aromatic N) is 1. The fourth-order valence-corrected chi connectivity index (χ4v) is 2.13. The van der Waals surface area contributed by atoms with E-state index in [0.717, 1.165) is 6.07 Å². The molecule has 5 nitrogen and oxygen atoms in total. The average Bonchev–Trinajstić information content (AvgIpc) is 2.43. The average molecular weight is 311 g/mol. The molecule has 0 bridgehead atoms. The summed E-state index contributed by atoms with van der Waals surface area (Å²) in [4.78, 5) is 10.4. The molecule has 0 saturated carbocycles. The summed E-state index contributed by atoms with van der Waals surface area (Å²) in [5, 5.41) is 23.9. The van der Waals surface area contributed by atoms with Crippen molar-refractivity contribution in [1.29, 1.82) is 0 Å². The lowest BCUT2D eigenvalue weighted by Crippen LogP contribution is -2.09. The molecule has 0 spiro atoms. The maximum absolute atomic E-state index is 13.2. The Kier molecular flexibility index (Phi) is 4.28. The fourth-order valence-electron chi connectivity index (χ4n) is 1.96. The maximum atomic E-state index is 13.2. The second-order valence-electron chi connectivity index (χ2n) is 4.49. The molecule has 7 heteroatoms. The SMILES string of the molecule is CC(Nc1ccc(Cl)cc1[N+](=O)[O-])c1cc(F)ccc1O. The van der Waals surface area contributed by atoms with Crippen LogP contribution in [0, 0.1) is 15.9 Å². The highest BCUT2D eigenvalue weighted by Gasteiger charge is 2.18. The fraction of sp³-hybridized carbons (Fsp3) is 0.143. The highest BCUT2D eigenvalue weighted by molar-refractivity contribution is 6.30. The standard InChI is InChI=1S/C14H12ClFN2O3/c1-8(11-7-10(16)3-5-14(11)19)17-12-4-2-9(15)6-13(12)18(20)21/h2-8,17,19H,1H3. The van der Waals surface area contributed by atoms with Gasteiger partial charge in [-0.1, -0.05) is 11.6 Å². The van der Waals surface area contributed by atoms with Crippen molar-refractivity contribution >= 4 is 23.0 Å². The van der Waals surface area contributed by atoms with Gasteiger partial charge in [-0.05, 0) is 37.3 Å². The van der Waals surface area contributed by atoms with Crippen LogP contribution >= 0.6 is 11.6 Å². The minimum absolute atomic E-state index is 0.0898. The lowest BCUT2D eigenvalue weighted by Gasteiger charge is -2.17. The molecule has 0 amide bonds. The van der Waals surface area contributed by atoms with Crippen LogP contribution in [0.2, 0.25) is 5.02 Å². The lowest BCUT2D eigenvalue weighted by atomic mass is 10.1. The maximum Gasteiger partial charge on any atom is 0.293 e. The minimum Gasteiger partial charge on any atom is -0.508 e. The Morgan fingerprint density at radius 1 is 1.33 bits per heavy atom. The molecule has 2 N–H and O–H groups in total. The first-order valence-electron chi connectivity index (χ1n) is 6.07. The summed E-state index contributed by atoms with van der Waals surface area (Å²) in [5.41, 5.74) is 0.352. The van der Waals surface area contributed by atoms with E-state index in [9.17, 15) is 19.6 Å². The molecule has 0 radical (unpaired) electrons. The predicted octanol–water partition coefficient (Wildman–Crippen LogP) is 4.27. The summed E-state index contributed by atoms with van der Waals surface area (Å²) < 4.78 is 13.2. The Balaban J connectivity index is 2.33. The molecule has 2 rings (SSSR count). The Hall–Kier alpha value is -2.34. The number of aromatic hydroxyl groups is 1. The molecular formula is C14H12ClFN2O3. The molecule has 110 valence electrons. The van der Waals surface area contributed by atoms with Crippen LogP contribution in [-0.2, 0) is 0 Å². The molecule has 0 saturated heterocycles. The van der Waals surface area contributed by atoms with Crippen molar-refractivity contribution in [2.24, 2.45) is 0 Å². The van der Waals surface area contributed by atoms with Crippen molar-refractivity contribution in [3.63, 3.8) is 0 Å². The van der Waals surface area contributed by atoms with Crippen LogP contribution in [0.5, 0.6) is 5.75 Å². The number of nitro benzene ring substituents is 1. The number of halogens is 2. The summed E-state index contributed by atoms with van der Waals surface area (Å²) in [5.74, 6) is -0.588. The van der Waals surface area contributed by atoms with Gasteiger partial charge < -0.3 is 10.4 Å². The molecule has 1 unspecified atom stereocenters. The molecule has 0 fully saturated rings. The zero-order valence-electron chi connectivity index (χ0n) is 11.0. The predicted molar refractivity (Wildman–Crippen MR) is 78.2 cm³/mol. The second kappa shape index (κ2) is 5.97. The van der Waals surface area contributed by atoms with Crippen molar-refractivity contribution in [3.05, 3.63) is 62.9 Å². The van der Waals surface area contributed by atoms with Gasteiger partial charge in [0, 0.05) is 16.7 Å². The number of hydrogen-bond acceptors (Lipinski definition) is 4. The van der Waals surface area contributed by atoms with E-state index in [0.29, 0.717) is 5.56 Å². The van der Waals surface area contributed by atoms with Gasteiger partial charge in [0.1, 0.15) is 17.3 Å². The van der Waals surface area contributed by atoms with Gasteiger partial charge in [0.15, 0.2) is 0 Å². The van der Waals surface area contributed by atoms with Crippen LogP contribution in [0.15, 0.2) is 36.4 Å². The third kappa shape index (κ3) is 3.41. The molecular weight excluding hydrogens is 299 g/mol. The Morgan fingerprint density at radius 3 is 2.71 bits per heavy atom. The van der Waals surface area contributed by atoms with Crippen LogP contribution in [0.3, 0.4) is 0 Å². The number of anilines is 1. The van der Waals surface area contributed by atoms with E-state index in [4.69, 9.17) is 11.6 Å². The zero-order valence-corrected chi connectivity index (χ0v) is 11.8. The number of phenolic OH excluding ortho intramolecular Hbond substituents is 1. The molecule has 21 heavy (non-hydrogen) atoms. The molecule has 0 heterocycles. The summed E-state index contributed by atoms with van der Waals surface area (Å²) in [6, 6.07) is 7.22. The Labute approximate surface area is 125 Å².